The van der Waals surface area contributed by atoms with Gasteiger partial charge in [-0.1, -0.05) is 42.4 Å². The molecule has 0 bridgehead atoms. The molecule has 0 atom stereocenters. The molecule has 4 nitrogen and oxygen atoms in total. The summed E-state index contributed by atoms with van der Waals surface area (Å²) in [5.41, 5.74) is -0.653. The van der Waals surface area contributed by atoms with Crippen LogP contribution in [0.2, 0.25) is 0 Å². The number of nitrogens with zero attached hydrogens (tertiary/aromatic N) is 1. The van der Waals surface area contributed by atoms with Crippen LogP contribution in [-0.4, -0.2) is 15.4 Å². The first kappa shape index (κ1) is 16.9. The maximum Gasteiger partial charge on any atom is 0.437 e. The lowest BCUT2D eigenvalue weighted by molar-refractivity contribution is -0.142. The number of halogens is 3. The molecule has 0 radical (unpaired) electrons. The highest BCUT2D eigenvalue weighted by Gasteiger charge is 2.40. The van der Waals surface area contributed by atoms with Gasteiger partial charge in [-0.05, 0) is 23.6 Å². The first-order valence-electron chi connectivity index (χ1n) is 7.50. The summed E-state index contributed by atoms with van der Waals surface area (Å²) in [6, 6.07) is 10.4. The Morgan fingerprint density at radius 2 is 1.72 bits per heavy atom. The molecule has 130 valence electrons. The molecule has 0 unspecified atom stereocenters. The van der Waals surface area contributed by atoms with Crippen LogP contribution in [0, 0.1) is 0 Å². The summed E-state index contributed by atoms with van der Waals surface area (Å²) in [4.78, 5) is 0. The maximum atomic E-state index is 13.3. The number of aryl methyl sites for hydroxylation is 1. The Labute approximate surface area is 141 Å². The van der Waals surface area contributed by atoms with Crippen molar-refractivity contribution in [3.8, 4) is 33.9 Å². The predicted octanol–water partition coefficient (Wildman–Crippen LogP) is 5.00. The van der Waals surface area contributed by atoms with Crippen LogP contribution >= 0.6 is 0 Å². The van der Waals surface area contributed by atoms with E-state index in [1.54, 1.807) is 25.1 Å². The number of aromatic hydroxyl groups is 2. The first-order chi connectivity index (χ1) is 11.8. The average molecular weight is 349 g/mol. The number of hydrogen-bond acceptors (Lipinski definition) is 4. The molecule has 0 aliphatic heterocycles. The molecule has 0 saturated heterocycles. The van der Waals surface area contributed by atoms with Crippen molar-refractivity contribution in [2.75, 3.05) is 0 Å². The molecular formula is C18H14F3NO3. The predicted molar refractivity (Wildman–Crippen MR) is 85.1 cm³/mol. The molecule has 0 aliphatic carbocycles. The van der Waals surface area contributed by atoms with Gasteiger partial charge in [-0.2, -0.15) is 13.2 Å². The largest absolute Gasteiger partial charge is 0.508 e. The minimum atomic E-state index is -4.72. The third-order valence-electron chi connectivity index (χ3n) is 3.85. The summed E-state index contributed by atoms with van der Waals surface area (Å²) < 4.78 is 45.0. The van der Waals surface area contributed by atoms with Gasteiger partial charge in [0.25, 0.3) is 0 Å². The second-order valence-electron chi connectivity index (χ2n) is 5.45. The van der Waals surface area contributed by atoms with E-state index in [1.807, 2.05) is 0 Å². The summed E-state index contributed by atoms with van der Waals surface area (Å²) in [5.74, 6) is -0.733. The standard InChI is InChI=1S/C18H14F3NO3/c1-2-10-8-12(14(24)9-13(10)23)16-15(11-6-4-3-5-7-11)17(22-25-16)18(19,20)21/h3-9,23-24H,2H2,1H3. The summed E-state index contributed by atoms with van der Waals surface area (Å²) in [7, 11) is 0. The van der Waals surface area contributed by atoms with E-state index < -0.39 is 17.6 Å². The molecule has 2 aromatic carbocycles. The zero-order valence-corrected chi connectivity index (χ0v) is 13.1. The molecule has 3 aromatic rings. The van der Waals surface area contributed by atoms with Gasteiger partial charge < -0.3 is 14.7 Å². The van der Waals surface area contributed by atoms with Gasteiger partial charge >= 0.3 is 6.18 Å². The molecule has 25 heavy (non-hydrogen) atoms. The number of phenols is 2. The molecular weight excluding hydrogens is 335 g/mol. The molecule has 7 heteroatoms. The van der Waals surface area contributed by atoms with E-state index in [4.69, 9.17) is 4.52 Å². The molecule has 0 amide bonds. The van der Waals surface area contributed by atoms with Crippen LogP contribution in [0.15, 0.2) is 47.0 Å². The highest BCUT2D eigenvalue weighted by molar-refractivity contribution is 5.84. The molecule has 0 spiro atoms. The fraction of sp³-hybridized carbons (Fsp3) is 0.167. The van der Waals surface area contributed by atoms with Crippen molar-refractivity contribution in [2.24, 2.45) is 0 Å². The van der Waals surface area contributed by atoms with E-state index in [9.17, 15) is 23.4 Å². The monoisotopic (exact) mass is 349 g/mol. The topological polar surface area (TPSA) is 66.5 Å². The third kappa shape index (κ3) is 3.05. The van der Waals surface area contributed by atoms with Gasteiger partial charge in [0, 0.05) is 6.07 Å². The minimum absolute atomic E-state index is 0.0384. The Kier molecular flexibility index (Phi) is 4.16. The summed E-state index contributed by atoms with van der Waals surface area (Å²) in [6.07, 6.45) is -4.28. The van der Waals surface area contributed by atoms with Gasteiger partial charge in [-0.25, -0.2) is 0 Å². The van der Waals surface area contributed by atoms with Crippen LogP contribution in [0.5, 0.6) is 11.5 Å². The first-order valence-corrected chi connectivity index (χ1v) is 7.50. The SMILES string of the molecule is CCc1cc(-c2onc(C(F)(F)F)c2-c2ccccc2)c(O)cc1O. The Balaban J connectivity index is 2.30. The van der Waals surface area contributed by atoms with Crippen molar-refractivity contribution in [1.29, 1.82) is 0 Å². The van der Waals surface area contributed by atoms with E-state index in [0.717, 1.165) is 6.07 Å². The van der Waals surface area contributed by atoms with Gasteiger partial charge in [0.1, 0.15) is 11.5 Å². The van der Waals surface area contributed by atoms with Gasteiger partial charge in [0.15, 0.2) is 11.5 Å². The fourth-order valence-electron chi connectivity index (χ4n) is 2.63. The summed E-state index contributed by atoms with van der Waals surface area (Å²) >= 11 is 0. The Hall–Kier alpha value is -2.96. The van der Waals surface area contributed by atoms with Crippen molar-refractivity contribution < 1.29 is 27.9 Å². The van der Waals surface area contributed by atoms with Crippen LogP contribution in [0.1, 0.15) is 18.2 Å². The number of rotatable bonds is 3. The van der Waals surface area contributed by atoms with E-state index in [-0.39, 0.29) is 28.2 Å². The highest BCUT2D eigenvalue weighted by atomic mass is 19.4. The van der Waals surface area contributed by atoms with E-state index in [1.165, 1.54) is 18.2 Å². The van der Waals surface area contributed by atoms with Gasteiger partial charge in [0.2, 0.25) is 0 Å². The van der Waals surface area contributed by atoms with Crippen molar-refractivity contribution in [1.82, 2.24) is 5.16 Å². The van der Waals surface area contributed by atoms with Crippen LogP contribution in [0.25, 0.3) is 22.5 Å². The van der Waals surface area contributed by atoms with Crippen LogP contribution in [-0.2, 0) is 12.6 Å². The lowest BCUT2D eigenvalue weighted by atomic mass is 9.97. The van der Waals surface area contributed by atoms with Crippen LogP contribution in [0.3, 0.4) is 0 Å². The number of hydrogen-bond donors (Lipinski definition) is 2. The quantitative estimate of drug-likeness (QED) is 0.698. The molecule has 0 saturated carbocycles. The molecule has 1 heterocycles. The zero-order valence-electron chi connectivity index (χ0n) is 13.1. The number of aromatic nitrogens is 1. The fourth-order valence-corrected chi connectivity index (χ4v) is 2.63. The average Bonchev–Trinajstić information content (AvgIpc) is 3.01. The maximum absolute atomic E-state index is 13.3. The Morgan fingerprint density at radius 1 is 1.04 bits per heavy atom. The molecule has 1 aromatic heterocycles. The van der Waals surface area contributed by atoms with Gasteiger partial charge in [-0.3, -0.25) is 0 Å². The van der Waals surface area contributed by atoms with Gasteiger partial charge in [0.05, 0.1) is 11.1 Å². The van der Waals surface area contributed by atoms with Crippen LogP contribution in [0.4, 0.5) is 13.2 Å². The van der Waals surface area contributed by atoms with E-state index >= 15 is 0 Å². The van der Waals surface area contributed by atoms with Gasteiger partial charge in [-0.15, -0.1) is 0 Å². The second kappa shape index (κ2) is 6.16. The molecule has 0 fully saturated rings. The minimum Gasteiger partial charge on any atom is -0.508 e. The van der Waals surface area contributed by atoms with Crippen molar-refractivity contribution in [3.63, 3.8) is 0 Å². The molecule has 0 aliphatic rings. The van der Waals surface area contributed by atoms with Crippen molar-refractivity contribution >= 4 is 0 Å². The highest BCUT2D eigenvalue weighted by Crippen LogP contribution is 2.45. The summed E-state index contributed by atoms with van der Waals surface area (Å²) in [5, 5.41) is 23.1. The van der Waals surface area contributed by atoms with Crippen LogP contribution < -0.4 is 0 Å². The van der Waals surface area contributed by atoms with Crippen molar-refractivity contribution in [2.45, 2.75) is 19.5 Å². The smallest absolute Gasteiger partial charge is 0.437 e. The third-order valence-corrected chi connectivity index (χ3v) is 3.85. The Bertz CT molecular complexity index is 902. The second-order valence-corrected chi connectivity index (χ2v) is 5.45. The lowest BCUT2D eigenvalue weighted by Gasteiger charge is -2.10. The summed E-state index contributed by atoms with van der Waals surface area (Å²) in [6.45, 7) is 1.77. The normalized spacial score (nSPS) is 11.7. The van der Waals surface area contributed by atoms with E-state index in [2.05, 4.69) is 5.16 Å². The Morgan fingerprint density at radius 3 is 2.32 bits per heavy atom. The lowest BCUT2D eigenvalue weighted by Crippen LogP contribution is -2.07. The molecule has 3 rings (SSSR count). The molecule has 2 N–H and O–H groups in total. The van der Waals surface area contributed by atoms with E-state index in [0.29, 0.717) is 12.0 Å². The van der Waals surface area contributed by atoms with Crippen molar-refractivity contribution in [3.05, 3.63) is 53.7 Å². The number of phenolic OH excluding ortho intramolecular Hbond substituents is 2. The number of alkyl halides is 3. The zero-order chi connectivity index (χ0) is 18.2. The number of benzene rings is 2.